The maximum absolute atomic E-state index is 10.9. The van der Waals surface area contributed by atoms with E-state index >= 15 is 0 Å². The highest BCUT2D eigenvalue weighted by molar-refractivity contribution is 5.87. The Balaban J connectivity index is 1.39. The van der Waals surface area contributed by atoms with Crippen molar-refractivity contribution in [2.24, 2.45) is 0 Å². The fourth-order valence-corrected chi connectivity index (χ4v) is 3.60. The van der Waals surface area contributed by atoms with Crippen molar-refractivity contribution in [2.75, 3.05) is 6.61 Å². The largest absolute Gasteiger partial charge is 0.478 e. The van der Waals surface area contributed by atoms with E-state index in [9.17, 15) is 4.79 Å². The minimum Gasteiger partial charge on any atom is -0.478 e. The maximum atomic E-state index is 10.9. The average molecular weight is 411 g/mol. The van der Waals surface area contributed by atoms with Crippen LogP contribution in [0.3, 0.4) is 0 Å². The molecule has 5 nitrogen and oxygen atoms in total. The molecule has 1 atom stereocenters. The van der Waals surface area contributed by atoms with Crippen LogP contribution in [0.25, 0.3) is 0 Å². The molecule has 0 amide bonds. The van der Waals surface area contributed by atoms with Gasteiger partial charge in [0.15, 0.2) is 0 Å². The summed E-state index contributed by atoms with van der Waals surface area (Å²) in [5.41, 5.74) is 5.31. The molecule has 5 heteroatoms. The van der Waals surface area contributed by atoms with Crippen molar-refractivity contribution in [3.8, 4) is 0 Å². The number of aromatic carboxylic acids is 1. The summed E-state index contributed by atoms with van der Waals surface area (Å²) in [5, 5.41) is 8.95. The Kier molecular flexibility index (Phi) is 7.91. The summed E-state index contributed by atoms with van der Waals surface area (Å²) in [6.45, 7) is 4.92. The molecule has 1 N–H and O–H groups in total. The van der Waals surface area contributed by atoms with Crippen LogP contribution in [-0.4, -0.2) is 23.8 Å². The quantitative estimate of drug-likeness (QED) is 0.477. The number of ether oxygens (including phenoxy) is 1. The molecule has 2 aromatic heterocycles. The van der Waals surface area contributed by atoms with E-state index in [0.717, 1.165) is 38.7 Å². The highest BCUT2D eigenvalue weighted by Crippen LogP contribution is 2.23. The van der Waals surface area contributed by atoms with E-state index in [4.69, 9.17) is 18.7 Å². The molecule has 160 valence electrons. The lowest BCUT2D eigenvalue weighted by Crippen LogP contribution is -2.00. The van der Waals surface area contributed by atoms with Crippen molar-refractivity contribution < 1.29 is 23.5 Å². The lowest BCUT2D eigenvalue weighted by molar-refractivity contribution is 0.0696. The summed E-state index contributed by atoms with van der Waals surface area (Å²) in [5.74, 6) is -0.280. The summed E-state index contributed by atoms with van der Waals surface area (Å²) in [4.78, 5) is 10.9. The van der Waals surface area contributed by atoms with Gasteiger partial charge in [-0.1, -0.05) is 29.4 Å². The zero-order valence-corrected chi connectivity index (χ0v) is 17.7. The molecule has 2 aromatic rings. The smallest absolute Gasteiger partial charge is 0.338 e. The topological polar surface area (TPSA) is 72.8 Å². The molecule has 1 unspecified atom stereocenters. The fourth-order valence-electron chi connectivity index (χ4n) is 3.60. The molecular formula is C25H30O5. The zero-order valence-electron chi connectivity index (χ0n) is 17.7. The second-order valence-electron chi connectivity index (χ2n) is 7.97. The highest BCUT2D eigenvalue weighted by Gasteiger charge is 2.17. The van der Waals surface area contributed by atoms with Gasteiger partial charge in [0.25, 0.3) is 0 Å². The molecule has 0 aliphatic carbocycles. The van der Waals surface area contributed by atoms with Crippen LogP contribution in [0.4, 0.5) is 0 Å². The van der Waals surface area contributed by atoms with Gasteiger partial charge < -0.3 is 18.7 Å². The number of carbonyl (C=O) groups is 1. The predicted molar refractivity (Wildman–Crippen MR) is 116 cm³/mol. The first-order chi connectivity index (χ1) is 14.5. The van der Waals surface area contributed by atoms with Crippen molar-refractivity contribution in [1.82, 2.24) is 0 Å². The average Bonchev–Trinajstić information content (AvgIpc) is 3.44. The lowest BCUT2D eigenvalue weighted by Gasteiger charge is -2.05. The molecule has 1 saturated heterocycles. The molecule has 0 saturated carbocycles. The van der Waals surface area contributed by atoms with Gasteiger partial charge in [0, 0.05) is 12.8 Å². The van der Waals surface area contributed by atoms with E-state index in [0.29, 0.717) is 12.2 Å². The van der Waals surface area contributed by atoms with Gasteiger partial charge in [0.1, 0.15) is 12.0 Å². The SMILES string of the molecule is CC(=CC1CC(=CCCc2ccoc2)CO1)CCC=C(C)Cc1cc(C(=O)O)co1. The molecule has 1 aliphatic heterocycles. The molecule has 1 aliphatic rings. The van der Waals surface area contributed by atoms with Crippen LogP contribution in [0.2, 0.25) is 0 Å². The number of hydrogen-bond donors (Lipinski definition) is 1. The van der Waals surface area contributed by atoms with Crippen molar-refractivity contribution in [3.63, 3.8) is 0 Å². The van der Waals surface area contributed by atoms with Gasteiger partial charge in [0.2, 0.25) is 0 Å². The Morgan fingerprint density at radius 3 is 2.83 bits per heavy atom. The van der Waals surface area contributed by atoms with Crippen LogP contribution in [0, 0.1) is 0 Å². The molecule has 0 radical (unpaired) electrons. The minimum absolute atomic E-state index is 0.174. The summed E-state index contributed by atoms with van der Waals surface area (Å²) < 4.78 is 16.3. The summed E-state index contributed by atoms with van der Waals surface area (Å²) >= 11 is 0. The molecule has 3 heterocycles. The standard InChI is InChI=1S/C25H30O5/c1-18(5-3-6-19(2)12-24-14-22(17-30-24)25(26)27)11-23-13-21(16-29-23)8-4-7-20-9-10-28-15-20/h6,8-11,14-15,17,23H,3-5,7,12-13,16H2,1-2H3,(H,26,27). The summed E-state index contributed by atoms with van der Waals surface area (Å²) in [6.07, 6.45) is 17.3. The minimum atomic E-state index is -0.961. The monoisotopic (exact) mass is 410 g/mol. The van der Waals surface area contributed by atoms with Crippen LogP contribution < -0.4 is 0 Å². The Morgan fingerprint density at radius 2 is 2.10 bits per heavy atom. The Bertz CT molecular complexity index is 911. The Labute approximate surface area is 177 Å². The molecule has 1 fully saturated rings. The lowest BCUT2D eigenvalue weighted by atomic mass is 10.0. The van der Waals surface area contributed by atoms with Crippen molar-refractivity contribution in [1.29, 1.82) is 0 Å². The number of rotatable bonds is 10. The first-order valence-corrected chi connectivity index (χ1v) is 10.4. The first kappa shape index (κ1) is 21.9. The van der Waals surface area contributed by atoms with Crippen molar-refractivity contribution in [3.05, 3.63) is 82.8 Å². The van der Waals surface area contributed by atoms with Gasteiger partial charge in [-0.2, -0.15) is 0 Å². The van der Waals surface area contributed by atoms with Crippen LogP contribution in [0.5, 0.6) is 0 Å². The number of allylic oxidation sites excluding steroid dienone is 4. The molecule has 0 bridgehead atoms. The van der Waals surface area contributed by atoms with E-state index in [1.54, 1.807) is 18.6 Å². The van der Waals surface area contributed by atoms with Crippen LogP contribution in [-0.2, 0) is 17.6 Å². The van der Waals surface area contributed by atoms with Gasteiger partial charge in [-0.25, -0.2) is 4.79 Å². The molecule has 3 rings (SSSR count). The predicted octanol–water partition coefficient (Wildman–Crippen LogP) is 6.13. The Morgan fingerprint density at radius 1 is 1.23 bits per heavy atom. The molecule has 0 spiro atoms. The second-order valence-corrected chi connectivity index (χ2v) is 7.97. The van der Waals surface area contributed by atoms with Crippen LogP contribution in [0.15, 0.2) is 74.7 Å². The van der Waals surface area contributed by atoms with E-state index < -0.39 is 5.97 Å². The molecular weight excluding hydrogens is 380 g/mol. The van der Waals surface area contributed by atoms with Crippen molar-refractivity contribution >= 4 is 5.97 Å². The van der Waals surface area contributed by atoms with Crippen LogP contribution >= 0.6 is 0 Å². The number of furan rings is 2. The van der Waals surface area contributed by atoms with Gasteiger partial charge in [-0.3, -0.25) is 0 Å². The van der Waals surface area contributed by atoms with Gasteiger partial charge >= 0.3 is 5.97 Å². The number of carboxylic acid groups (broad SMARTS) is 1. The van der Waals surface area contributed by atoms with Crippen molar-refractivity contribution in [2.45, 2.75) is 58.5 Å². The van der Waals surface area contributed by atoms with E-state index in [1.807, 2.05) is 13.0 Å². The number of hydrogen-bond acceptors (Lipinski definition) is 4. The van der Waals surface area contributed by atoms with Gasteiger partial charge in [-0.05, 0) is 62.8 Å². The first-order valence-electron chi connectivity index (χ1n) is 10.4. The summed E-state index contributed by atoms with van der Waals surface area (Å²) in [6, 6.07) is 3.60. The Hall–Kier alpha value is -2.79. The van der Waals surface area contributed by atoms with Crippen LogP contribution in [0.1, 0.15) is 61.2 Å². The van der Waals surface area contributed by atoms with E-state index in [2.05, 4.69) is 25.2 Å². The number of aryl methyl sites for hydroxylation is 1. The van der Waals surface area contributed by atoms with Gasteiger partial charge in [-0.15, -0.1) is 0 Å². The third-order valence-corrected chi connectivity index (χ3v) is 5.25. The van der Waals surface area contributed by atoms with Gasteiger partial charge in [0.05, 0.1) is 30.8 Å². The second kappa shape index (κ2) is 10.8. The third kappa shape index (κ3) is 6.92. The zero-order chi connectivity index (χ0) is 21.3. The summed E-state index contributed by atoms with van der Waals surface area (Å²) in [7, 11) is 0. The fraction of sp³-hybridized carbons (Fsp3) is 0.400. The van der Waals surface area contributed by atoms with E-state index in [-0.39, 0.29) is 11.7 Å². The molecule has 0 aromatic carbocycles. The maximum Gasteiger partial charge on any atom is 0.338 e. The normalized spacial score (nSPS) is 19.0. The van der Waals surface area contributed by atoms with E-state index in [1.165, 1.54) is 28.5 Å². The third-order valence-electron chi connectivity index (χ3n) is 5.25. The number of carboxylic acids is 1. The highest BCUT2D eigenvalue weighted by atomic mass is 16.5. The molecule has 30 heavy (non-hydrogen) atoms.